The molecule has 4 heteroatoms. The van der Waals surface area contributed by atoms with Gasteiger partial charge in [-0.1, -0.05) is 23.7 Å². The highest BCUT2D eigenvalue weighted by atomic mass is 35.5. The summed E-state index contributed by atoms with van der Waals surface area (Å²) in [6.07, 6.45) is 0.921. The average Bonchev–Trinajstić information content (AvgIpc) is 2.70. The molecule has 0 aromatic heterocycles. The lowest BCUT2D eigenvalue weighted by molar-refractivity contribution is 0.297. The molecule has 0 radical (unpaired) electrons. The number of rotatable bonds is 3. The summed E-state index contributed by atoms with van der Waals surface area (Å²) in [6, 6.07) is 13.7. The second-order valence-electron chi connectivity index (χ2n) is 4.70. The molecule has 0 saturated heterocycles. The normalized spacial score (nSPS) is 13.7. The summed E-state index contributed by atoms with van der Waals surface area (Å²) < 4.78 is 11.3. The van der Waals surface area contributed by atoms with Gasteiger partial charge in [-0.05, 0) is 35.9 Å². The van der Waals surface area contributed by atoms with Crippen LogP contribution in [0.4, 0.5) is 5.69 Å². The third kappa shape index (κ3) is 3.17. The predicted octanol–water partition coefficient (Wildman–Crippen LogP) is 4.11. The van der Waals surface area contributed by atoms with Gasteiger partial charge in [0.15, 0.2) is 11.5 Å². The summed E-state index contributed by atoms with van der Waals surface area (Å²) in [6.45, 7) is 2.14. The van der Waals surface area contributed by atoms with Gasteiger partial charge in [-0.2, -0.15) is 0 Å². The van der Waals surface area contributed by atoms with Gasteiger partial charge in [0.05, 0.1) is 13.2 Å². The third-order valence-electron chi connectivity index (χ3n) is 3.13. The largest absolute Gasteiger partial charge is 0.490 e. The summed E-state index contributed by atoms with van der Waals surface area (Å²) in [5.74, 6) is 1.65. The molecule has 3 nitrogen and oxygen atoms in total. The molecule has 20 heavy (non-hydrogen) atoms. The van der Waals surface area contributed by atoms with Crippen LogP contribution in [-0.2, 0) is 6.54 Å². The number of hydrogen-bond donors (Lipinski definition) is 1. The third-order valence-corrected chi connectivity index (χ3v) is 3.37. The Morgan fingerprint density at radius 3 is 2.70 bits per heavy atom. The summed E-state index contributed by atoms with van der Waals surface area (Å²) in [5.41, 5.74) is 2.15. The minimum Gasteiger partial charge on any atom is -0.490 e. The highest BCUT2D eigenvalue weighted by Crippen LogP contribution is 2.30. The molecule has 0 fully saturated rings. The van der Waals surface area contributed by atoms with Crippen molar-refractivity contribution in [3.63, 3.8) is 0 Å². The number of nitrogens with one attached hydrogen (secondary N) is 1. The van der Waals surface area contributed by atoms with Crippen LogP contribution in [0.15, 0.2) is 42.5 Å². The van der Waals surface area contributed by atoms with Crippen molar-refractivity contribution in [2.45, 2.75) is 13.0 Å². The van der Waals surface area contributed by atoms with Crippen molar-refractivity contribution >= 4 is 17.3 Å². The topological polar surface area (TPSA) is 30.5 Å². The lowest BCUT2D eigenvalue weighted by Crippen LogP contribution is -2.00. The molecule has 0 aliphatic carbocycles. The monoisotopic (exact) mass is 289 g/mol. The fraction of sp³-hybridized carbons (Fsp3) is 0.250. The van der Waals surface area contributed by atoms with Crippen LogP contribution in [0.3, 0.4) is 0 Å². The lowest BCUT2D eigenvalue weighted by atomic mass is 10.2. The summed E-state index contributed by atoms with van der Waals surface area (Å²) in [7, 11) is 0. The molecule has 1 aliphatic heterocycles. The number of benzene rings is 2. The zero-order chi connectivity index (χ0) is 13.8. The maximum absolute atomic E-state index is 5.96. The zero-order valence-electron chi connectivity index (χ0n) is 11.1. The molecule has 2 aromatic carbocycles. The first-order chi connectivity index (χ1) is 9.81. The van der Waals surface area contributed by atoms with Gasteiger partial charge in [0.25, 0.3) is 0 Å². The number of anilines is 1. The van der Waals surface area contributed by atoms with Gasteiger partial charge in [0.1, 0.15) is 0 Å². The van der Waals surface area contributed by atoms with E-state index in [0.29, 0.717) is 13.2 Å². The van der Waals surface area contributed by atoms with Crippen LogP contribution >= 0.6 is 11.6 Å². The molecule has 0 unspecified atom stereocenters. The van der Waals surface area contributed by atoms with E-state index in [1.54, 1.807) is 0 Å². The van der Waals surface area contributed by atoms with Gasteiger partial charge in [0.2, 0.25) is 0 Å². The average molecular weight is 290 g/mol. The molecule has 0 atom stereocenters. The number of fused-ring (bicyclic) bond motifs is 1. The van der Waals surface area contributed by atoms with Gasteiger partial charge in [-0.25, -0.2) is 0 Å². The van der Waals surface area contributed by atoms with Crippen LogP contribution in [0.5, 0.6) is 11.5 Å². The second kappa shape index (κ2) is 6.06. The van der Waals surface area contributed by atoms with E-state index in [2.05, 4.69) is 5.32 Å². The van der Waals surface area contributed by atoms with Crippen LogP contribution in [0.1, 0.15) is 12.0 Å². The number of halogens is 1. The van der Waals surface area contributed by atoms with E-state index in [4.69, 9.17) is 21.1 Å². The minimum atomic E-state index is 0.707. The number of hydrogen-bond acceptors (Lipinski definition) is 3. The number of ether oxygens (including phenoxy) is 2. The maximum atomic E-state index is 5.96. The first-order valence-electron chi connectivity index (χ1n) is 6.69. The van der Waals surface area contributed by atoms with E-state index in [-0.39, 0.29) is 0 Å². The van der Waals surface area contributed by atoms with Crippen molar-refractivity contribution in [1.82, 2.24) is 0 Å². The smallest absolute Gasteiger partial charge is 0.161 e. The van der Waals surface area contributed by atoms with Crippen LogP contribution in [-0.4, -0.2) is 13.2 Å². The Bertz CT molecular complexity index is 601. The molecule has 104 valence electrons. The Kier molecular flexibility index (Phi) is 3.97. The molecule has 1 N–H and O–H groups in total. The Morgan fingerprint density at radius 2 is 1.85 bits per heavy atom. The van der Waals surface area contributed by atoms with Crippen molar-refractivity contribution in [3.8, 4) is 11.5 Å². The lowest BCUT2D eigenvalue weighted by Gasteiger charge is -2.11. The van der Waals surface area contributed by atoms with Gasteiger partial charge in [-0.3, -0.25) is 0 Å². The van der Waals surface area contributed by atoms with Crippen molar-refractivity contribution < 1.29 is 9.47 Å². The Balaban J connectivity index is 1.70. The Labute approximate surface area is 123 Å². The first kappa shape index (κ1) is 13.1. The standard InChI is InChI=1S/C16H16ClNO2/c17-13-3-1-4-14(10-13)18-11-12-5-6-15-16(9-12)20-8-2-7-19-15/h1,3-6,9-10,18H,2,7-8,11H2. The quantitative estimate of drug-likeness (QED) is 0.922. The fourth-order valence-corrected chi connectivity index (χ4v) is 2.31. The Morgan fingerprint density at radius 1 is 1.00 bits per heavy atom. The molecule has 0 amide bonds. The first-order valence-corrected chi connectivity index (χ1v) is 7.07. The molecular weight excluding hydrogens is 274 g/mol. The molecule has 0 spiro atoms. The Hall–Kier alpha value is -1.87. The molecule has 3 rings (SSSR count). The van der Waals surface area contributed by atoms with Crippen LogP contribution in [0.2, 0.25) is 5.02 Å². The van der Waals surface area contributed by atoms with E-state index >= 15 is 0 Å². The van der Waals surface area contributed by atoms with Gasteiger partial charge in [-0.15, -0.1) is 0 Å². The van der Waals surface area contributed by atoms with Crippen molar-refractivity contribution in [2.24, 2.45) is 0 Å². The highest BCUT2D eigenvalue weighted by Gasteiger charge is 2.10. The van der Waals surface area contributed by atoms with Crippen LogP contribution < -0.4 is 14.8 Å². The van der Waals surface area contributed by atoms with E-state index in [9.17, 15) is 0 Å². The van der Waals surface area contributed by atoms with Crippen molar-refractivity contribution in [3.05, 3.63) is 53.1 Å². The molecular formula is C16H16ClNO2. The predicted molar refractivity (Wildman–Crippen MR) is 80.8 cm³/mol. The van der Waals surface area contributed by atoms with Gasteiger partial charge >= 0.3 is 0 Å². The van der Waals surface area contributed by atoms with E-state index < -0.39 is 0 Å². The minimum absolute atomic E-state index is 0.707. The van der Waals surface area contributed by atoms with Gasteiger partial charge in [0, 0.05) is 23.7 Å². The molecule has 0 bridgehead atoms. The SMILES string of the molecule is Clc1cccc(NCc2ccc3c(c2)OCCCO3)c1. The molecule has 1 heterocycles. The highest BCUT2D eigenvalue weighted by molar-refractivity contribution is 6.30. The molecule has 2 aromatic rings. The molecule has 1 aliphatic rings. The summed E-state index contributed by atoms with van der Waals surface area (Å²) >= 11 is 5.96. The van der Waals surface area contributed by atoms with Crippen LogP contribution in [0.25, 0.3) is 0 Å². The maximum Gasteiger partial charge on any atom is 0.161 e. The zero-order valence-corrected chi connectivity index (χ0v) is 11.8. The van der Waals surface area contributed by atoms with E-state index in [0.717, 1.165) is 40.7 Å². The van der Waals surface area contributed by atoms with E-state index in [1.165, 1.54) is 0 Å². The van der Waals surface area contributed by atoms with Gasteiger partial charge < -0.3 is 14.8 Å². The van der Waals surface area contributed by atoms with Crippen LogP contribution in [0, 0.1) is 0 Å². The second-order valence-corrected chi connectivity index (χ2v) is 5.13. The summed E-state index contributed by atoms with van der Waals surface area (Å²) in [4.78, 5) is 0. The fourth-order valence-electron chi connectivity index (χ4n) is 2.12. The van der Waals surface area contributed by atoms with E-state index in [1.807, 2.05) is 42.5 Å². The molecule has 0 saturated carbocycles. The van der Waals surface area contributed by atoms with Crippen molar-refractivity contribution in [1.29, 1.82) is 0 Å². The summed E-state index contributed by atoms with van der Waals surface area (Å²) in [5, 5.41) is 4.07. The van der Waals surface area contributed by atoms with Crippen molar-refractivity contribution in [2.75, 3.05) is 18.5 Å².